The molecule has 4 rings (SSSR count). The van der Waals surface area contributed by atoms with Gasteiger partial charge in [-0.3, -0.25) is 14.5 Å². The van der Waals surface area contributed by atoms with Crippen molar-refractivity contribution >= 4 is 52.8 Å². The number of carboxylic acids is 1. The quantitative estimate of drug-likeness (QED) is 0.173. The van der Waals surface area contributed by atoms with E-state index in [2.05, 4.69) is 31.0 Å². The Bertz CT molecular complexity index is 1200. The normalized spacial score (nSPS) is 20.0. The summed E-state index contributed by atoms with van der Waals surface area (Å²) < 4.78 is 1.47. The topological polar surface area (TPSA) is 191 Å². The van der Waals surface area contributed by atoms with Gasteiger partial charge in [-0.1, -0.05) is 16.9 Å². The third-order valence-electron chi connectivity index (χ3n) is 4.95. The minimum atomic E-state index is -1.22. The van der Waals surface area contributed by atoms with Gasteiger partial charge in [0.05, 0.1) is 0 Å². The fourth-order valence-electron chi connectivity index (χ4n) is 3.36. The predicted octanol–water partition coefficient (Wildman–Crippen LogP) is -0.931. The molecular formula is C18H19N9O5S2. The summed E-state index contributed by atoms with van der Waals surface area (Å²) in [4.78, 5) is 47.7. The first-order chi connectivity index (χ1) is 16.3. The van der Waals surface area contributed by atoms with Crippen molar-refractivity contribution in [3.8, 4) is 0 Å². The van der Waals surface area contributed by atoms with Crippen LogP contribution in [0.4, 0.5) is 5.82 Å². The molecule has 178 valence electrons. The summed E-state index contributed by atoms with van der Waals surface area (Å²) >= 11 is 2.63. The van der Waals surface area contributed by atoms with E-state index in [9.17, 15) is 19.5 Å². The number of nitrogen functional groups attached to an aromatic ring is 1. The molecule has 1 saturated heterocycles. The monoisotopic (exact) mass is 505 g/mol. The Morgan fingerprint density at radius 2 is 2.24 bits per heavy atom. The maximum absolute atomic E-state index is 12.9. The van der Waals surface area contributed by atoms with Gasteiger partial charge in [-0.05, 0) is 28.1 Å². The number of oxime groups is 1. The van der Waals surface area contributed by atoms with Crippen molar-refractivity contribution in [3.63, 3.8) is 0 Å². The Hall–Kier alpha value is -3.66. The van der Waals surface area contributed by atoms with Crippen molar-refractivity contribution in [2.45, 2.75) is 16.6 Å². The third kappa shape index (κ3) is 4.41. The Kier molecular flexibility index (Phi) is 6.69. The molecule has 0 spiro atoms. The number of thioether (sulfide) groups is 2. The largest absolute Gasteiger partial charge is 0.477 e. The highest BCUT2D eigenvalue weighted by Gasteiger charge is 2.54. The van der Waals surface area contributed by atoms with E-state index in [1.54, 1.807) is 13.1 Å². The van der Waals surface area contributed by atoms with Gasteiger partial charge in [0, 0.05) is 30.3 Å². The van der Waals surface area contributed by atoms with Crippen molar-refractivity contribution in [2.24, 2.45) is 12.2 Å². The van der Waals surface area contributed by atoms with Gasteiger partial charge >= 0.3 is 5.97 Å². The molecule has 2 aromatic heterocycles. The molecule has 2 aliphatic rings. The van der Waals surface area contributed by atoms with Gasteiger partial charge in [0.25, 0.3) is 11.8 Å². The maximum atomic E-state index is 12.9. The lowest BCUT2D eigenvalue weighted by Gasteiger charge is -2.49. The predicted molar refractivity (Wildman–Crippen MR) is 121 cm³/mol. The number of anilines is 1. The number of carboxylic acid groups (broad SMARTS) is 1. The summed E-state index contributed by atoms with van der Waals surface area (Å²) in [6.07, 6.45) is 1.36. The summed E-state index contributed by atoms with van der Waals surface area (Å²) in [6, 6.07) is 2.13. The number of carbonyl (C=O) groups excluding carboxylic acids is 2. The fraction of sp³-hybridized carbons (Fsp3) is 0.333. The third-order valence-corrected chi connectivity index (χ3v) is 7.39. The van der Waals surface area contributed by atoms with E-state index in [1.807, 2.05) is 0 Å². The summed E-state index contributed by atoms with van der Waals surface area (Å²) in [5.74, 6) is -1.49. The number of aryl methyl sites for hydroxylation is 1. The molecule has 0 radical (unpaired) electrons. The number of aliphatic carboxylic acids is 1. The molecule has 4 N–H and O–H groups in total. The number of hydrogen-bond donors (Lipinski definition) is 3. The van der Waals surface area contributed by atoms with Gasteiger partial charge < -0.3 is 21.0 Å². The van der Waals surface area contributed by atoms with Crippen LogP contribution in [0, 0.1) is 0 Å². The molecule has 0 aromatic carbocycles. The number of carbonyl (C=O) groups is 3. The second-order valence-corrected chi connectivity index (χ2v) is 9.13. The van der Waals surface area contributed by atoms with Crippen LogP contribution in [0.15, 0.2) is 39.9 Å². The highest BCUT2D eigenvalue weighted by Crippen LogP contribution is 2.41. The zero-order valence-corrected chi connectivity index (χ0v) is 19.5. The van der Waals surface area contributed by atoms with Gasteiger partial charge in [-0.2, -0.15) is 0 Å². The summed E-state index contributed by atoms with van der Waals surface area (Å²) in [5.41, 5.74) is 6.31. The van der Waals surface area contributed by atoms with Gasteiger partial charge in [-0.15, -0.1) is 16.9 Å². The van der Waals surface area contributed by atoms with Crippen LogP contribution in [0.1, 0.15) is 5.56 Å². The lowest BCUT2D eigenvalue weighted by atomic mass is 10.0. The van der Waals surface area contributed by atoms with Crippen LogP contribution in [0.2, 0.25) is 0 Å². The molecule has 34 heavy (non-hydrogen) atoms. The Labute approximate surface area is 201 Å². The second-order valence-electron chi connectivity index (χ2n) is 7.09. The van der Waals surface area contributed by atoms with E-state index >= 15 is 0 Å². The van der Waals surface area contributed by atoms with E-state index in [1.165, 1.54) is 52.5 Å². The van der Waals surface area contributed by atoms with E-state index in [-0.39, 0.29) is 17.2 Å². The molecule has 4 heterocycles. The molecule has 14 nitrogen and oxygen atoms in total. The maximum Gasteiger partial charge on any atom is 0.352 e. The summed E-state index contributed by atoms with van der Waals surface area (Å²) in [5, 5.41) is 27.3. The molecule has 0 bridgehead atoms. The average molecular weight is 506 g/mol. The molecule has 16 heteroatoms. The second kappa shape index (κ2) is 9.68. The number of nitrogens with zero attached hydrogens (tertiary/aromatic N) is 7. The first-order valence-electron chi connectivity index (χ1n) is 9.71. The zero-order valence-electron chi connectivity index (χ0n) is 17.9. The minimum absolute atomic E-state index is 0.0876. The Morgan fingerprint density at radius 1 is 1.44 bits per heavy atom. The summed E-state index contributed by atoms with van der Waals surface area (Å²) in [7, 11) is 2.96. The number of pyridine rings is 1. The molecule has 2 unspecified atom stereocenters. The van der Waals surface area contributed by atoms with Gasteiger partial charge in [-0.25, -0.2) is 14.5 Å². The van der Waals surface area contributed by atoms with Crippen LogP contribution >= 0.6 is 23.5 Å². The van der Waals surface area contributed by atoms with Crippen LogP contribution in [0.25, 0.3) is 0 Å². The molecular weight excluding hydrogens is 486 g/mol. The van der Waals surface area contributed by atoms with Crippen molar-refractivity contribution in [1.82, 2.24) is 35.4 Å². The van der Waals surface area contributed by atoms with E-state index in [0.717, 1.165) is 0 Å². The Morgan fingerprint density at radius 3 is 2.85 bits per heavy atom. The number of fused-ring (bicyclic) bond motifs is 1. The lowest BCUT2D eigenvalue weighted by Crippen LogP contribution is -2.71. The van der Waals surface area contributed by atoms with Crippen LogP contribution in [0.3, 0.4) is 0 Å². The number of tetrazole rings is 1. The highest BCUT2D eigenvalue weighted by molar-refractivity contribution is 8.01. The molecule has 2 aromatic rings. The van der Waals surface area contributed by atoms with Crippen LogP contribution in [-0.4, -0.2) is 88.7 Å². The smallest absolute Gasteiger partial charge is 0.352 e. The zero-order chi connectivity index (χ0) is 24.4. The fourth-order valence-corrected chi connectivity index (χ4v) is 5.70. The number of hydrogen-bond acceptors (Lipinski definition) is 12. The van der Waals surface area contributed by atoms with Gasteiger partial charge in [0.15, 0.2) is 5.71 Å². The number of nitrogens with two attached hydrogens (primary N) is 1. The number of rotatable bonds is 8. The van der Waals surface area contributed by atoms with Gasteiger partial charge in [0.1, 0.15) is 30.0 Å². The van der Waals surface area contributed by atoms with Crippen molar-refractivity contribution in [3.05, 3.63) is 35.2 Å². The van der Waals surface area contributed by atoms with Crippen molar-refractivity contribution in [2.75, 3.05) is 24.3 Å². The molecule has 2 atom stereocenters. The van der Waals surface area contributed by atoms with Crippen molar-refractivity contribution < 1.29 is 24.3 Å². The molecule has 2 aliphatic heterocycles. The van der Waals surface area contributed by atoms with E-state index < -0.39 is 29.2 Å². The number of nitrogens with one attached hydrogen (secondary N) is 1. The van der Waals surface area contributed by atoms with Gasteiger partial charge in [0.2, 0.25) is 5.16 Å². The Balaban J connectivity index is 1.49. The van der Waals surface area contributed by atoms with Crippen LogP contribution in [0.5, 0.6) is 0 Å². The minimum Gasteiger partial charge on any atom is -0.477 e. The lowest BCUT2D eigenvalue weighted by molar-refractivity contribution is -0.150. The number of amides is 2. The highest BCUT2D eigenvalue weighted by atomic mass is 32.2. The first kappa shape index (κ1) is 23.5. The summed E-state index contributed by atoms with van der Waals surface area (Å²) in [6.45, 7) is 0. The molecule has 0 saturated carbocycles. The van der Waals surface area contributed by atoms with E-state index in [4.69, 9.17) is 10.6 Å². The SMILES string of the molecule is CO/N=C(/C(=O)NC1C(=O)N2C(C(=O)O)=C(CSc3nnnn3C)CSC12)c1ccc(N)nc1. The van der Waals surface area contributed by atoms with Crippen LogP contribution < -0.4 is 11.1 Å². The number of aromatic nitrogens is 5. The standard InChI is InChI=1S/C18H19N9O5S2/c1-26-18(22-24-25-26)34-7-9-6-33-16-12(15(29)27(16)13(9)17(30)31)21-14(28)11(23-32-2)8-3-4-10(19)20-5-8/h3-5,12,16H,6-7H2,1-2H3,(H2,19,20)(H,21,28)(H,30,31)/b23-11+. The molecule has 0 aliphatic carbocycles. The number of β-lactam (4-membered cyclic amide) rings is 1. The first-order valence-corrected chi connectivity index (χ1v) is 11.7. The van der Waals surface area contributed by atoms with E-state index in [0.29, 0.717) is 27.8 Å². The molecule has 1 fully saturated rings. The molecule has 2 amide bonds. The average Bonchev–Trinajstić information content (AvgIpc) is 3.23. The van der Waals surface area contributed by atoms with Crippen LogP contribution in [-0.2, 0) is 26.3 Å². The van der Waals surface area contributed by atoms with Crippen molar-refractivity contribution in [1.29, 1.82) is 0 Å².